The van der Waals surface area contributed by atoms with Gasteiger partial charge in [0.05, 0.1) is 23.4 Å². The molecule has 1 amide bonds. The van der Waals surface area contributed by atoms with Crippen molar-refractivity contribution in [2.24, 2.45) is 0 Å². The maximum atomic E-state index is 12.8. The number of fused-ring (bicyclic) bond motifs is 1. The molecule has 3 rings (SSSR count). The van der Waals surface area contributed by atoms with Gasteiger partial charge in [0, 0.05) is 12.2 Å². The van der Waals surface area contributed by atoms with E-state index in [0.29, 0.717) is 39.8 Å². The number of hydrogen-bond acceptors (Lipinski definition) is 7. The fourth-order valence-corrected chi connectivity index (χ4v) is 4.38. The van der Waals surface area contributed by atoms with E-state index in [1.54, 1.807) is 35.8 Å². The van der Waals surface area contributed by atoms with Crippen molar-refractivity contribution >= 4 is 50.9 Å². The van der Waals surface area contributed by atoms with Crippen LogP contribution in [0.5, 0.6) is 0 Å². The zero-order valence-electron chi connectivity index (χ0n) is 16.8. The summed E-state index contributed by atoms with van der Waals surface area (Å²) in [4.78, 5) is 41.4. The van der Waals surface area contributed by atoms with Gasteiger partial charge in [0.25, 0.3) is 5.56 Å². The van der Waals surface area contributed by atoms with Gasteiger partial charge < -0.3 is 10.1 Å². The van der Waals surface area contributed by atoms with E-state index in [1.807, 2.05) is 11.4 Å². The molecule has 1 N–H and O–H groups in total. The number of ether oxygens (including phenoxy) is 1. The summed E-state index contributed by atoms with van der Waals surface area (Å²) in [7, 11) is 0. The topological polar surface area (TPSA) is 90.3 Å². The quantitative estimate of drug-likeness (QED) is 0.302. The van der Waals surface area contributed by atoms with E-state index in [2.05, 4.69) is 17.2 Å². The Hall–Kier alpha value is -2.65. The minimum absolute atomic E-state index is 0.0547. The first-order chi connectivity index (χ1) is 14.5. The van der Waals surface area contributed by atoms with Crippen LogP contribution in [0.1, 0.15) is 37.0 Å². The number of unbranched alkanes of at least 4 members (excludes halogenated alkanes) is 1. The lowest BCUT2D eigenvalue weighted by molar-refractivity contribution is -0.113. The van der Waals surface area contributed by atoms with Crippen molar-refractivity contribution in [3.63, 3.8) is 0 Å². The van der Waals surface area contributed by atoms with Gasteiger partial charge >= 0.3 is 5.97 Å². The Morgan fingerprint density at radius 1 is 1.20 bits per heavy atom. The Morgan fingerprint density at radius 2 is 1.97 bits per heavy atom. The monoisotopic (exact) mass is 445 g/mol. The Kier molecular flexibility index (Phi) is 7.64. The smallest absolute Gasteiger partial charge is 0.338 e. The second-order valence-electron chi connectivity index (χ2n) is 6.47. The molecule has 0 bridgehead atoms. The number of anilines is 1. The van der Waals surface area contributed by atoms with Crippen LogP contribution in [0.25, 0.3) is 10.2 Å². The molecule has 0 atom stereocenters. The minimum atomic E-state index is -0.397. The number of aromatic nitrogens is 2. The van der Waals surface area contributed by atoms with Crippen molar-refractivity contribution in [3.8, 4) is 0 Å². The molecule has 0 saturated carbocycles. The lowest BCUT2D eigenvalue weighted by Gasteiger charge is -2.11. The molecule has 3 aromatic rings. The number of rotatable bonds is 9. The second-order valence-corrected chi connectivity index (χ2v) is 8.33. The van der Waals surface area contributed by atoms with E-state index in [-0.39, 0.29) is 17.2 Å². The summed E-state index contributed by atoms with van der Waals surface area (Å²) in [5.41, 5.74) is 1.62. The lowest BCUT2D eigenvalue weighted by atomic mass is 10.2. The molecular formula is C21H23N3O4S2. The summed E-state index contributed by atoms with van der Waals surface area (Å²) in [6.45, 7) is 4.70. The van der Waals surface area contributed by atoms with Crippen LogP contribution in [0.15, 0.2) is 45.7 Å². The van der Waals surface area contributed by atoms with Gasteiger partial charge in [-0.3, -0.25) is 14.2 Å². The van der Waals surface area contributed by atoms with Gasteiger partial charge in [0.1, 0.15) is 4.70 Å². The summed E-state index contributed by atoms with van der Waals surface area (Å²) >= 11 is 2.63. The highest BCUT2D eigenvalue weighted by molar-refractivity contribution is 7.99. The molecule has 0 saturated heterocycles. The molecule has 0 aliphatic heterocycles. The van der Waals surface area contributed by atoms with Crippen molar-refractivity contribution in [2.75, 3.05) is 17.7 Å². The highest BCUT2D eigenvalue weighted by Crippen LogP contribution is 2.21. The van der Waals surface area contributed by atoms with Gasteiger partial charge in [-0.05, 0) is 49.1 Å². The van der Waals surface area contributed by atoms with Crippen molar-refractivity contribution in [1.82, 2.24) is 9.55 Å². The molecule has 0 aliphatic carbocycles. The van der Waals surface area contributed by atoms with Crippen LogP contribution >= 0.6 is 23.1 Å². The molecular weight excluding hydrogens is 422 g/mol. The van der Waals surface area contributed by atoms with Crippen LogP contribution in [0.2, 0.25) is 0 Å². The van der Waals surface area contributed by atoms with Crippen LogP contribution in [0.4, 0.5) is 5.69 Å². The van der Waals surface area contributed by atoms with Crippen molar-refractivity contribution in [2.45, 2.75) is 38.4 Å². The number of thioether (sulfide) groups is 1. The maximum Gasteiger partial charge on any atom is 0.338 e. The van der Waals surface area contributed by atoms with E-state index >= 15 is 0 Å². The van der Waals surface area contributed by atoms with Gasteiger partial charge in [0.2, 0.25) is 5.91 Å². The predicted molar refractivity (Wildman–Crippen MR) is 121 cm³/mol. The Labute approximate surface area is 182 Å². The molecule has 0 fully saturated rings. The Balaban J connectivity index is 1.67. The second kappa shape index (κ2) is 10.4. The van der Waals surface area contributed by atoms with Crippen LogP contribution in [-0.2, 0) is 16.1 Å². The SMILES string of the molecule is CCCCn1c(SCC(=O)Nc2ccc(C(=O)OCC)cc2)nc2ccsc2c1=O. The van der Waals surface area contributed by atoms with Gasteiger partial charge in [-0.15, -0.1) is 11.3 Å². The Bertz CT molecular complexity index is 1090. The molecule has 0 spiro atoms. The number of carbonyl (C=O) groups is 2. The number of benzene rings is 1. The van der Waals surface area contributed by atoms with Gasteiger partial charge in [-0.2, -0.15) is 0 Å². The van der Waals surface area contributed by atoms with Crippen LogP contribution in [0, 0.1) is 0 Å². The van der Waals surface area contributed by atoms with Gasteiger partial charge in [-0.1, -0.05) is 25.1 Å². The van der Waals surface area contributed by atoms with Crippen LogP contribution < -0.4 is 10.9 Å². The molecule has 0 radical (unpaired) electrons. The predicted octanol–water partition coefficient (Wildman–Crippen LogP) is 4.17. The zero-order valence-corrected chi connectivity index (χ0v) is 18.5. The fourth-order valence-electron chi connectivity index (χ4n) is 2.78. The van der Waals surface area contributed by atoms with Gasteiger partial charge in [-0.25, -0.2) is 9.78 Å². The third-order valence-corrected chi connectivity index (χ3v) is 6.15. The zero-order chi connectivity index (χ0) is 21.5. The molecule has 7 nitrogen and oxygen atoms in total. The van der Waals surface area contributed by atoms with Crippen LogP contribution in [-0.4, -0.2) is 33.8 Å². The van der Waals surface area contributed by atoms with Crippen molar-refractivity contribution in [1.29, 1.82) is 0 Å². The van der Waals surface area contributed by atoms with E-state index in [9.17, 15) is 14.4 Å². The summed E-state index contributed by atoms with van der Waals surface area (Å²) in [6.07, 6.45) is 1.83. The molecule has 158 valence electrons. The number of carbonyl (C=O) groups excluding carboxylic acids is 2. The highest BCUT2D eigenvalue weighted by Gasteiger charge is 2.14. The van der Waals surface area contributed by atoms with E-state index in [4.69, 9.17) is 4.74 Å². The summed E-state index contributed by atoms with van der Waals surface area (Å²) in [5, 5.41) is 5.19. The first-order valence-corrected chi connectivity index (χ1v) is 11.6. The van der Waals surface area contributed by atoms with Crippen LogP contribution in [0.3, 0.4) is 0 Å². The van der Waals surface area contributed by atoms with E-state index < -0.39 is 5.97 Å². The average molecular weight is 446 g/mol. The summed E-state index contributed by atoms with van der Waals surface area (Å²) in [5.74, 6) is -0.495. The third-order valence-electron chi connectivity index (χ3n) is 4.28. The van der Waals surface area contributed by atoms with E-state index in [1.165, 1.54) is 23.1 Å². The Morgan fingerprint density at radius 3 is 2.67 bits per heavy atom. The molecule has 0 aliphatic rings. The first-order valence-electron chi connectivity index (χ1n) is 9.71. The molecule has 2 heterocycles. The normalized spacial score (nSPS) is 10.9. The minimum Gasteiger partial charge on any atom is -0.462 e. The standard InChI is InChI=1S/C21H23N3O4S2/c1-3-5-11-24-19(26)18-16(10-12-29-18)23-21(24)30-13-17(25)22-15-8-6-14(7-9-15)20(27)28-4-2/h6-10,12H,3-5,11,13H2,1-2H3,(H,22,25). The third kappa shape index (κ3) is 5.28. The van der Waals surface area contributed by atoms with E-state index in [0.717, 1.165) is 12.8 Å². The number of nitrogens with zero attached hydrogens (tertiary/aromatic N) is 2. The largest absolute Gasteiger partial charge is 0.462 e. The van der Waals surface area contributed by atoms with Gasteiger partial charge in [0.15, 0.2) is 5.16 Å². The first kappa shape index (κ1) is 22.0. The summed E-state index contributed by atoms with van der Waals surface area (Å²) < 4.78 is 7.25. The fraction of sp³-hybridized carbons (Fsp3) is 0.333. The molecule has 9 heteroatoms. The number of esters is 1. The molecule has 30 heavy (non-hydrogen) atoms. The number of thiophene rings is 1. The molecule has 2 aromatic heterocycles. The maximum absolute atomic E-state index is 12.8. The summed E-state index contributed by atoms with van der Waals surface area (Å²) in [6, 6.07) is 8.34. The average Bonchev–Trinajstić information content (AvgIpc) is 3.21. The number of amides is 1. The number of nitrogens with one attached hydrogen (secondary N) is 1. The van der Waals surface area contributed by atoms with Crippen molar-refractivity contribution < 1.29 is 14.3 Å². The number of hydrogen-bond donors (Lipinski definition) is 1. The molecule has 0 unspecified atom stereocenters. The molecule has 1 aromatic carbocycles. The highest BCUT2D eigenvalue weighted by atomic mass is 32.2. The lowest BCUT2D eigenvalue weighted by Crippen LogP contribution is -2.23. The van der Waals surface area contributed by atoms with Crippen molar-refractivity contribution in [3.05, 3.63) is 51.6 Å².